The van der Waals surface area contributed by atoms with Crippen molar-refractivity contribution >= 4 is 0 Å². The van der Waals surface area contributed by atoms with Gasteiger partial charge in [0.1, 0.15) is 0 Å². The summed E-state index contributed by atoms with van der Waals surface area (Å²) in [5.41, 5.74) is 0. The van der Waals surface area contributed by atoms with Crippen molar-refractivity contribution in [1.82, 2.24) is 5.32 Å². The molecule has 0 heterocycles. The summed E-state index contributed by atoms with van der Waals surface area (Å²) in [4.78, 5) is 0. The van der Waals surface area contributed by atoms with Gasteiger partial charge in [0.2, 0.25) is 0 Å². The van der Waals surface area contributed by atoms with Gasteiger partial charge < -0.3 is 15.2 Å². The van der Waals surface area contributed by atoms with Crippen LogP contribution in [0.5, 0.6) is 0 Å². The Labute approximate surface area is 126 Å². The van der Waals surface area contributed by atoms with Gasteiger partial charge in [0.25, 0.3) is 0 Å². The molecule has 2 N–H and O–H groups in total. The lowest BCUT2D eigenvalue weighted by atomic mass is 10.0. The molecule has 0 saturated carbocycles. The first-order valence-corrected chi connectivity index (χ1v) is 8.66. The lowest BCUT2D eigenvalue weighted by Gasteiger charge is -2.20. The van der Waals surface area contributed by atoms with Crippen molar-refractivity contribution in [1.29, 1.82) is 0 Å². The van der Waals surface area contributed by atoms with Crippen LogP contribution in [-0.2, 0) is 4.74 Å². The van der Waals surface area contributed by atoms with E-state index in [9.17, 15) is 5.11 Å². The minimum Gasteiger partial charge on any atom is -0.389 e. The predicted molar refractivity (Wildman–Crippen MR) is 87.1 cm³/mol. The molecule has 0 rings (SSSR count). The Morgan fingerprint density at radius 3 is 2.25 bits per heavy atom. The van der Waals surface area contributed by atoms with Gasteiger partial charge in [-0.3, -0.25) is 0 Å². The van der Waals surface area contributed by atoms with Crippen molar-refractivity contribution in [3.8, 4) is 0 Å². The summed E-state index contributed by atoms with van der Waals surface area (Å²) >= 11 is 0. The Morgan fingerprint density at radius 1 is 0.950 bits per heavy atom. The number of hydrogen-bond acceptors (Lipinski definition) is 3. The van der Waals surface area contributed by atoms with E-state index < -0.39 is 0 Å². The maximum atomic E-state index is 9.94. The van der Waals surface area contributed by atoms with Gasteiger partial charge in [0.05, 0.1) is 12.7 Å². The fourth-order valence-corrected chi connectivity index (χ4v) is 2.43. The minimum atomic E-state index is -0.385. The number of rotatable bonds is 14. The minimum absolute atomic E-state index is 0.385. The summed E-state index contributed by atoms with van der Waals surface area (Å²) in [6, 6.07) is 0.530. The Balaban J connectivity index is 3.67. The van der Waals surface area contributed by atoms with E-state index >= 15 is 0 Å². The zero-order chi connectivity index (χ0) is 15.2. The molecule has 0 spiro atoms. The van der Waals surface area contributed by atoms with Gasteiger partial charge in [0, 0.05) is 19.2 Å². The van der Waals surface area contributed by atoms with Gasteiger partial charge in [-0.2, -0.15) is 0 Å². The van der Waals surface area contributed by atoms with Crippen molar-refractivity contribution in [3.63, 3.8) is 0 Å². The van der Waals surface area contributed by atoms with Gasteiger partial charge in [-0.1, -0.05) is 53.4 Å². The molecule has 0 aliphatic rings. The molecule has 3 heteroatoms. The summed E-state index contributed by atoms with van der Waals surface area (Å²) in [7, 11) is 0. The van der Waals surface area contributed by atoms with Crippen molar-refractivity contribution in [3.05, 3.63) is 0 Å². The molecule has 0 fully saturated rings. The van der Waals surface area contributed by atoms with Crippen LogP contribution in [0.2, 0.25) is 0 Å². The molecule has 0 aromatic carbocycles. The maximum Gasteiger partial charge on any atom is 0.0897 e. The summed E-state index contributed by atoms with van der Waals surface area (Å²) in [5, 5.41) is 13.4. The molecule has 0 radical (unpaired) electrons. The second-order valence-electron chi connectivity index (χ2n) is 5.91. The van der Waals surface area contributed by atoms with E-state index in [2.05, 4.69) is 33.0 Å². The highest BCUT2D eigenvalue weighted by Crippen LogP contribution is 2.12. The van der Waals surface area contributed by atoms with Crippen LogP contribution in [-0.4, -0.2) is 37.0 Å². The molecule has 0 aromatic heterocycles. The number of nitrogens with one attached hydrogen (secondary N) is 1. The normalized spacial score (nSPS) is 16.1. The van der Waals surface area contributed by atoms with Gasteiger partial charge in [-0.25, -0.2) is 0 Å². The van der Waals surface area contributed by atoms with Crippen LogP contribution >= 0.6 is 0 Å². The van der Waals surface area contributed by atoms with E-state index in [0.29, 0.717) is 25.1 Å². The van der Waals surface area contributed by atoms with Crippen LogP contribution in [0.4, 0.5) is 0 Å². The molecule has 3 atom stereocenters. The lowest BCUT2D eigenvalue weighted by molar-refractivity contribution is 0.0181. The van der Waals surface area contributed by atoms with E-state index in [4.69, 9.17) is 4.74 Å². The Hall–Kier alpha value is -0.120. The summed E-state index contributed by atoms with van der Waals surface area (Å²) in [5.74, 6) is 0.651. The molecular formula is C17H37NO2. The van der Waals surface area contributed by atoms with E-state index in [1.807, 2.05) is 0 Å². The van der Waals surface area contributed by atoms with Gasteiger partial charge in [0.15, 0.2) is 0 Å². The molecule has 122 valence electrons. The first-order valence-electron chi connectivity index (χ1n) is 8.66. The Kier molecular flexibility index (Phi) is 13.8. The molecule has 0 aromatic rings. The third-order valence-electron chi connectivity index (χ3n) is 3.98. The van der Waals surface area contributed by atoms with Gasteiger partial charge in [-0.15, -0.1) is 0 Å². The zero-order valence-corrected chi connectivity index (χ0v) is 14.2. The molecule has 0 aliphatic carbocycles. The number of ether oxygens (including phenoxy) is 1. The smallest absolute Gasteiger partial charge is 0.0897 e. The van der Waals surface area contributed by atoms with Crippen molar-refractivity contribution in [2.75, 3.05) is 19.8 Å². The molecule has 0 aliphatic heterocycles. The summed E-state index contributed by atoms with van der Waals surface area (Å²) in [6.45, 7) is 10.7. The average Bonchev–Trinajstić information content (AvgIpc) is 2.46. The summed E-state index contributed by atoms with van der Waals surface area (Å²) in [6.07, 6.45) is 8.05. The lowest BCUT2D eigenvalue weighted by Crippen LogP contribution is -2.37. The van der Waals surface area contributed by atoms with Crippen LogP contribution in [0.3, 0.4) is 0 Å². The molecular weight excluding hydrogens is 250 g/mol. The maximum absolute atomic E-state index is 9.94. The highest BCUT2D eigenvalue weighted by Gasteiger charge is 2.11. The van der Waals surface area contributed by atoms with Crippen molar-refractivity contribution in [2.45, 2.75) is 84.8 Å². The highest BCUT2D eigenvalue weighted by atomic mass is 16.5. The van der Waals surface area contributed by atoms with E-state index in [-0.39, 0.29) is 6.10 Å². The fourth-order valence-electron chi connectivity index (χ4n) is 2.43. The number of unbranched alkanes of at least 4 members (excludes halogenated alkanes) is 1. The Bertz CT molecular complexity index is 199. The standard InChI is InChI=1S/C17H37NO2/c1-5-9-11-15(7-3)13-20-14-17(19)12-18-16(8-4)10-6-2/h15-19H,5-14H2,1-4H3. The van der Waals surface area contributed by atoms with E-state index in [1.165, 1.54) is 38.5 Å². The topological polar surface area (TPSA) is 41.5 Å². The quantitative estimate of drug-likeness (QED) is 0.511. The van der Waals surface area contributed by atoms with Crippen LogP contribution in [0, 0.1) is 5.92 Å². The van der Waals surface area contributed by atoms with Crippen LogP contribution in [0.15, 0.2) is 0 Å². The largest absolute Gasteiger partial charge is 0.389 e. The third-order valence-corrected chi connectivity index (χ3v) is 3.98. The first kappa shape index (κ1) is 19.9. The van der Waals surface area contributed by atoms with Gasteiger partial charge in [-0.05, 0) is 25.2 Å². The molecule has 0 saturated heterocycles. The monoisotopic (exact) mass is 287 g/mol. The SMILES string of the molecule is CCCCC(CC)COCC(O)CNC(CC)CCC. The molecule has 3 unspecified atom stereocenters. The second-order valence-corrected chi connectivity index (χ2v) is 5.91. The van der Waals surface area contributed by atoms with E-state index in [0.717, 1.165) is 13.0 Å². The van der Waals surface area contributed by atoms with Crippen LogP contribution < -0.4 is 5.32 Å². The Morgan fingerprint density at radius 2 is 1.70 bits per heavy atom. The average molecular weight is 287 g/mol. The second kappa shape index (κ2) is 13.8. The first-order chi connectivity index (χ1) is 9.67. The third kappa shape index (κ3) is 10.6. The summed E-state index contributed by atoms with van der Waals surface area (Å²) < 4.78 is 5.68. The zero-order valence-electron chi connectivity index (χ0n) is 14.2. The molecule has 3 nitrogen and oxygen atoms in total. The molecule has 0 amide bonds. The number of aliphatic hydroxyl groups is 1. The van der Waals surface area contributed by atoms with Crippen LogP contribution in [0.1, 0.15) is 72.6 Å². The van der Waals surface area contributed by atoms with Gasteiger partial charge >= 0.3 is 0 Å². The number of hydrogen-bond donors (Lipinski definition) is 2. The van der Waals surface area contributed by atoms with Crippen LogP contribution in [0.25, 0.3) is 0 Å². The highest BCUT2D eigenvalue weighted by molar-refractivity contribution is 4.67. The fraction of sp³-hybridized carbons (Fsp3) is 1.00. The van der Waals surface area contributed by atoms with Crippen molar-refractivity contribution in [2.24, 2.45) is 5.92 Å². The van der Waals surface area contributed by atoms with Crippen molar-refractivity contribution < 1.29 is 9.84 Å². The molecule has 0 bridgehead atoms. The molecule has 20 heavy (non-hydrogen) atoms. The number of aliphatic hydroxyl groups excluding tert-OH is 1. The predicted octanol–water partition coefficient (Wildman–Crippen LogP) is 3.75. The van der Waals surface area contributed by atoms with E-state index in [1.54, 1.807) is 0 Å².